The van der Waals surface area contributed by atoms with Gasteiger partial charge in [-0.25, -0.2) is 5.26 Å². The van der Waals surface area contributed by atoms with E-state index in [0.717, 1.165) is 0 Å². The van der Waals surface area contributed by atoms with Crippen LogP contribution in [0.5, 0.6) is 0 Å². The van der Waals surface area contributed by atoms with E-state index in [2.05, 4.69) is 19.2 Å². The van der Waals surface area contributed by atoms with Crippen molar-refractivity contribution in [3.05, 3.63) is 12.7 Å². The Morgan fingerprint density at radius 1 is 1.67 bits per heavy atom. The Bertz CT molecular complexity index is 31.8. The van der Waals surface area contributed by atoms with Crippen LogP contribution in [0.15, 0.2) is 6.58 Å². The summed E-state index contributed by atoms with van der Waals surface area (Å²) in [4.78, 5) is 0. The van der Waals surface area contributed by atoms with E-state index in [1.807, 2.05) is 0 Å². The summed E-state index contributed by atoms with van der Waals surface area (Å²) in [6.45, 7) is 8.50. The number of rotatable bonds is 0. The van der Waals surface area contributed by atoms with Crippen LogP contribution < -0.4 is 0 Å². The van der Waals surface area contributed by atoms with Gasteiger partial charge in [0.1, 0.15) is 0 Å². The minimum Gasteiger partial charge on any atom is -0.507 e. The van der Waals surface area contributed by atoms with E-state index in [0.29, 0.717) is 0 Å². The molecule has 0 aliphatic rings. The quantitative estimate of drug-likeness (QED) is 0.357. The van der Waals surface area contributed by atoms with Crippen LogP contribution in [0.1, 0.15) is 6.92 Å². The predicted octanol–water partition coefficient (Wildman–Crippen LogP) is 1.13. The van der Waals surface area contributed by atoms with Gasteiger partial charge in [-0.2, -0.15) is 6.92 Å². The fourth-order valence-corrected chi connectivity index (χ4v) is 0. The molecule has 0 fully saturated rings. The molecule has 2 heteroatoms. The topological polar surface area (TPSA) is 23.8 Å². The second-order valence-corrected chi connectivity index (χ2v) is 0.354. The standard InChI is InChI=1S/C3H5.CHN.Cu/c1-3-2;1-2;/h1H2,2H3;1H;/q-1;;+1. The molecule has 0 bridgehead atoms. The number of hydrogen-bond acceptors (Lipinski definition) is 1. The molecule has 0 rings (SSSR count). The van der Waals surface area contributed by atoms with Gasteiger partial charge in [0.15, 0.2) is 0 Å². The van der Waals surface area contributed by atoms with Gasteiger partial charge in [0.25, 0.3) is 0 Å². The molecular weight excluding hydrogens is 126 g/mol. The first-order valence-corrected chi connectivity index (χ1v) is 1.11. The summed E-state index contributed by atoms with van der Waals surface area (Å²) in [5.41, 5.74) is 0. The summed E-state index contributed by atoms with van der Waals surface area (Å²) in [7, 11) is 0. The van der Waals surface area contributed by atoms with E-state index in [4.69, 9.17) is 5.26 Å². The van der Waals surface area contributed by atoms with Gasteiger partial charge in [-0.1, -0.05) is 0 Å². The van der Waals surface area contributed by atoms with Gasteiger partial charge >= 0.3 is 17.1 Å². The maximum atomic E-state index is 6.50. The van der Waals surface area contributed by atoms with Crippen LogP contribution in [-0.4, -0.2) is 0 Å². The fraction of sp³-hybridized carbons (Fsp3) is 0.250. The van der Waals surface area contributed by atoms with Crippen LogP contribution in [0.2, 0.25) is 0 Å². The van der Waals surface area contributed by atoms with Crippen molar-refractivity contribution in [2.45, 2.75) is 6.92 Å². The minimum absolute atomic E-state index is 0. The fourth-order valence-electron chi connectivity index (χ4n) is 0. The zero-order valence-corrected chi connectivity index (χ0v) is 4.47. The molecule has 6 heavy (non-hydrogen) atoms. The zero-order chi connectivity index (χ0) is 4.71. The van der Waals surface area contributed by atoms with Crippen LogP contribution in [0, 0.1) is 17.9 Å². The van der Waals surface area contributed by atoms with Gasteiger partial charge in [-0.3, -0.25) is 6.58 Å². The van der Waals surface area contributed by atoms with Gasteiger partial charge in [0, 0.05) is 6.57 Å². The second-order valence-electron chi connectivity index (χ2n) is 0.354. The van der Waals surface area contributed by atoms with Crippen molar-refractivity contribution >= 4 is 0 Å². The van der Waals surface area contributed by atoms with Crippen molar-refractivity contribution in [3.8, 4) is 6.57 Å². The van der Waals surface area contributed by atoms with E-state index < -0.39 is 0 Å². The van der Waals surface area contributed by atoms with Crippen molar-refractivity contribution in [1.82, 2.24) is 0 Å². The summed E-state index contributed by atoms with van der Waals surface area (Å²) in [5.74, 6) is 0. The van der Waals surface area contributed by atoms with E-state index in [9.17, 15) is 0 Å². The molecule has 0 saturated heterocycles. The molecule has 0 aromatic rings. The van der Waals surface area contributed by atoms with E-state index in [1.165, 1.54) is 0 Å². The molecule has 0 atom stereocenters. The molecule has 0 heterocycles. The van der Waals surface area contributed by atoms with Crippen LogP contribution in [0.3, 0.4) is 0 Å². The van der Waals surface area contributed by atoms with Crippen LogP contribution in [-0.2, 0) is 17.1 Å². The third kappa shape index (κ3) is 452. The molecule has 0 aromatic heterocycles. The molecule has 1 nitrogen and oxygen atoms in total. The SMILES string of the molecule is C#N.C=[C-]C.[Cu+]. The Hall–Kier alpha value is -0.251. The molecule has 38 valence electrons. The maximum Gasteiger partial charge on any atom is 1.00 e. The van der Waals surface area contributed by atoms with Gasteiger partial charge in [0.2, 0.25) is 0 Å². The Labute approximate surface area is 49.1 Å². The number of nitriles is 1. The smallest absolute Gasteiger partial charge is 0.507 e. The normalized spacial score (nSPS) is 2.50. The first-order chi connectivity index (χ1) is 2.41. The van der Waals surface area contributed by atoms with Gasteiger partial charge in [0.05, 0.1) is 0 Å². The molecule has 0 spiro atoms. The van der Waals surface area contributed by atoms with Crippen molar-refractivity contribution in [3.63, 3.8) is 0 Å². The summed E-state index contributed by atoms with van der Waals surface area (Å²) in [6, 6.07) is 0. The third-order valence-corrected chi connectivity index (χ3v) is 0. The molecule has 0 radical (unpaired) electrons. The number of hydrogen-bond donors (Lipinski definition) is 0. The van der Waals surface area contributed by atoms with E-state index in [1.54, 1.807) is 6.92 Å². The maximum absolute atomic E-state index is 6.50. The Morgan fingerprint density at radius 2 is 1.67 bits per heavy atom. The summed E-state index contributed by atoms with van der Waals surface area (Å²) in [6.07, 6.45) is 2.50. The molecule has 0 saturated carbocycles. The first-order valence-electron chi connectivity index (χ1n) is 1.11. The average Bonchev–Trinajstić information content (AvgIpc) is 1.46. The molecule has 0 aliphatic carbocycles. The Morgan fingerprint density at radius 3 is 1.67 bits per heavy atom. The van der Waals surface area contributed by atoms with Gasteiger partial charge in [-0.05, 0) is 0 Å². The van der Waals surface area contributed by atoms with Gasteiger partial charge < -0.3 is 6.08 Å². The monoisotopic (exact) mass is 131 g/mol. The average molecular weight is 132 g/mol. The van der Waals surface area contributed by atoms with Crippen LogP contribution in [0.4, 0.5) is 0 Å². The molecule has 0 aromatic carbocycles. The molecule has 0 amide bonds. The molecular formula is C4H6CuN. The van der Waals surface area contributed by atoms with Crippen molar-refractivity contribution in [2.75, 3.05) is 0 Å². The zero-order valence-electron chi connectivity index (χ0n) is 3.53. The van der Waals surface area contributed by atoms with Crippen molar-refractivity contribution in [1.29, 1.82) is 5.26 Å². The Balaban J connectivity index is -0.0000000275. The molecule has 0 aliphatic heterocycles. The van der Waals surface area contributed by atoms with E-state index in [-0.39, 0.29) is 17.1 Å². The number of allylic oxidation sites excluding steroid dienone is 1. The third-order valence-electron chi connectivity index (χ3n) is 0. The van der Waals surface area contributed by atoms with Crippen LogP contribution in [0.25, 0.3) is 0 Å². The molecule has 0 N–H and O–H groups in total. The predicted molar refractivity (Wildman–Crippen MR) is 21.2 cm³/mol. The van der Waals surface area contributed by atoms with Crippen LogP contribution >= 0.6 is 0 Å². The minimum atomic E-state index is 0. The van der Waals surface area contributed by atoms with Gasteiger partial charge in [-0.15, -0.1) is 0 Å². The van der Waals surface area contributed by atoms with Crippen molar-refractivity contribution < 1.29 is 17.1 Å². The largest absolute Gasteiger partial charge is 1.00 e. The Kier molecular flexibility index (Phi) is 340. The first kappa shape index (κ1) is 17.2. The second kappa shape index (κ2) is 119. The molecule has 0 unspecified atom stereocenters. The summed E-state index contributed by atoms with van der Waals surface area (Å²) < 4.78 is 0. The van der Waals surface area contributed by atoms with Crippen molar-refractivity contribution in [2.24, 2.45) is 0 Å². The van der Waals surface area contributed by atoms with E-state index >= 15 is 0 Å². The summed E-state index contributed by atoms with van der Waals surface area (Å²) in [5, 5.41) is 6.50. The number of nitrogens with zero attached hydrogens (tertiary/aromatic N) is 1. The summed E-state index contributed by atoms with van der Waals surface area (Å²) >= 11 is 0.